The summed E-state index contributed by atoms with van der Waals surface area (Å²) in [5.74, 6) is 1.96. The Bertz CT molecular complexity index is 501. The molecule has 0 aliphatic rings. The van der Waals surface area contributed by atoms with Gasteiger partial charge in [-0.05, 0) is 12.3 Å². The van der Waals surface area contributed by atoms with Gasteiger partial charge in [-0.1, -0.05) is 45.9 Å². The molecule has 0 saturated carbocycles. The van der Waals surface area contributed by atoms with Gasteiger partial charge >= 0.3 is 0 Å². The first kappa shape index (κ1) is 21.0. The number of thioether (sulfide) groups is 1. The molecule has 0 aliphatic carbocycles. The molecule has 6 nitrogen and oxygen atoms in total. The van der Waals surface area contributed by atoms with Crippen LogP contribution < -0.4 is 10.2 Å². The third-order valence-electron chi connectivity index (χ3n) is 3.94. The summed E-state index contributed by atoms with van der Waals surface area (Å²) >= 11 is 1.49. The highest BCUT2D eigenvalue weighted by molar-refractivity contribution is 7.99. The van der Waals surface area contributed by atoms with Crippen LogP contribution in [-0.4, -0.2) is 47.1 Å². The second kappa shape index (κ2) is 10.7. The summed E-state index contributed by atoms with van der Waals surface area (Å²) in [7, 11) is 4.30. The molecule has 0 fully saturated rings. The summed E-state index contributed by atoms with van der Waals surface area (Å²) < 4.78 is 2.21. The van der Waals surface area contributed by atoms with Gasteiger partial charge in [0.1, 0.15) is 6.04 Å². The first-order valence-corrected chi connectivity index (χ1v) is 10.0. The first-order chi connectivity index (χ1) is 11.4. The summed E-state index contributed by atoms with van der Waals surface area (Å²) in [6.45, 7) is 10.2. The lowest BCUT2D eigenvalue weighted by Crippen LogP contribution is -3.06. The molecular weight excluding hydrogens is 322 g/mol. The van der Waals surface area contributed by atoms with Crippen molar-refractivity contribution in [2.45, 2.75) is 64.7 Å². The number of carbonyl (C=O) groups is 1. The van der Waals surface area contributed by atoms with E-state index in [0.717, 1.165) is 43.3 Å². The summed E-state index contributed by atoms with van der Waals surface area (Å²) in [4.78, 5) is 13.3. The van der Waals surface area contributed by atoms with Gasteiger partial charge in [-0.25, -0.2) is 0 Å². The van der Waals surface area contributed by atoms with Crippen LogP contribution in [0.25, 0.3) is 0 Å². The molecule has 1 aromatic rings. The molecule has 1 atom stereocenters. The molecule has 2 N–H and O–H groups in total. The number of carbonyl (C=O) groups excluding carboxylic acids is 1. The van der Waals surface area contributed by atoms with E-state index in [4.69, 9.17) is 0 Å². The molecule has 24 heavy (non-hydrogen) atoms. The van der Waals surface area contributed by atoms with Crippen LogP contribution in [0.3, 0.4) is 0 Å². The van der Waals surface area contributed by atoms with E-state index in [1.807, 2.05) is 0 Å². The van der Waals surface area contributed by atoms with Gasteiger partial charge in [0, 0.05) is 19.5 Å². The Kier molecular flexibility index (Phi) is 9.36. The molecule has 138 valence electrons. The van der Waals surface area contributed by atoms with Crippen molar-refractivity contribution in [3.8, 4) is 0 Å². The average Bonchev–Trinajstić information content (AvgIpc) is 2.92. The van der Waals surface area contributed by atoms with Crippen molar-refractivity contribution in [2.24, 2.45) is 5.92 Å². The maximum Gasteiger partial charge on any atom is 0.230 e. The van der Waals surface area contributed by atoms with Crippen molar-refractivity contribution in [2.75, 3.05) is 26.4 Å². The second-order valence-electron chi connectivity index (χ2n) is 6.87. The van der Waals surface area contributed by atoms with Crippen LogP contribution in [0.2, 0.25) is 0 Å². The number of unbranched alkanes of at least 4 members (excludes halogenated alkanes) is 1. The first-order valence-electron chi connectivity index (χ1n) is 9.03. The van der Waals surface area contributed by atoms with Crippen molar-refractivity contribution in [1.29, 1.82) is 0 Å². The maximum absolute atomic E-state index is 12.0. The zero-order valence-corrected chi connectivity index (χ0v) is 16.9. The number of nitrogens with zero attached hydrogens (tertiary/aromatic N) is 3. The van der Waals surface area contributed by atoms with E-state index in [-0.39, 0.29) is 5.91 Å². The van der Waals surface area contributed by atoms with Crippen molar-refractivity contribution in [3.63, 3.8) is 0 Å². The minimum absolute atomic E-state index is 0.0607. The number of rotatable bonds is 11. The third kappa shape index (κ3) is 6.43. The lowest BCUT2D eigenvalue weighted by atomic mass is 10.2. The molecular formula is C17H34N5OS+. The largest absolute Gasteiger partial charge is 0.355 e. The third-order valence-corrected chi connectivity index (χ3v) is 4.90. The van der Waals surface area contributed by atoms with E-state index in [0.29, 0.717) is 17.7 Å². The van der Waals surface area contributed by atoms with Gasteiger partial charge in [0.2, 0.25) is 5.91 Å². The lowest BCUT2D eigenvalue weighted by Gasteiger charge is -2.20. The summed E-state index contributed by atoms with van der Waals surface area (Å²) in [5.41, 5.74) is 0. The Morgan fingerprint density at radius 3 is 2.54 bits per heavy atom. The van der Waals surface area contributed by atoms with Crippen LogP contribution in [0, 0.1) is 5.92 Å². The zero-order valence-electron chi connectivity index (χ0n) is 16.1. The number of nitrogens with one attached hydrogen (secondary N) is 2. The smallest absolute Gasteiger partial charge is 0.230 e. The van der Waals surface area contributed by atoms with Gasteiger partial charge in [0.15, 0.2) is 11.0 Å². The monoisotopic (exact) mass is 356 g/mol. The van der Waals surface area contributed by atoms with E-state index in [1.165, 1.54) is 16.7 Å². The van der Waals surface area contributed by atoms with Crippen LogP contribution in [0.4, 0.5) is 0 Å². The quantitative estimate of drug-likeness (QED) is 0.590. The van der Waals surface area contributed by atoms with E-state index in [9.17, 15) is 4.79 Å². The van der Waals surface area contributed by atoms with Gasteiger partial charge in [-0.15, -0.1) is 10.2 Å². The van der Waals surface area contributed by atoms with Gasteiger partial charge in [0.25, 0.3) is 0 Å². The molecule has 1 rings (SSSR count). The number of hydrogen-bond donors (Lipinski definition) is 2. The van der Waals surface area contributed by atoms with E-state index in [2.05, 4.69) is 61.9 Å². The Labute approximate surface area is 150 Å². The second-order valence-corrected chi connectivity index (χ2v) is 7.81. The van der Waals surface area contributed by atoms with Crippen molar-refractivity contribution in [1.82, 2.24) is 20.1 Å². The molecule has 1 amide bonds. The molecule has 1 heterocycles. The van der Waals surface area contributed by atoms with Crippen LogP contribution in [0.5, 0.6) is 0 Å². The molecule has 0 aliphatic heterocycles. The Morgan fingerprint density at radius 2 is 2.00 bits per heavy atom. The highest BCUT2D eigenvalue weighted by Gasteiger charge is 2.24. The highest BCUT2D eigenvalue weighted by Crippen LogP contribution is 2.21. The number of aromatic nitrogens is 3. The summed E-state index contributed by atoms with van der Waals surface area (Å²) in [6, 6.07) is 0.332. The summed E-state index contributed by atoms with van der Waals surface area (Å²) in [6.07, 6.45) is 3.24. The normalized spacial score (nSPS) is 12.8. The molecule has 0 bridgehead atoms. The number of amides is 1. The van der Waals surface area contributed by atoms with Crippen LogP contribution in [0.15, 0.2) is 5.16 Å². The van der Waals surface area contributed by atoms with E-state index < -0.39 is 0 Å². The summed E-state index contributed by atoms with van der Waals surface area (Å²) in [5, 5.41) is 12.6. The Balaban J connectivity index is 2.82. The predicted octanol–water partition coefficient (Wildman–Crippen LogP) is 1.54. The topological polar surface area (TPSA) is 64.2 Å². The molecule has 1 aromatic heterocycles. The molecule has 0 aromatic carbocycles. The van der Waals surface area contributed by atoms with Gasteiger partial charge in [0.05, 0.1) is 19.8 Å². The highest BCUT2D eigenvalue weighted by atomic mass is 32.2. The van der Waals surface area contributed by atoms with Crippen molar-refractivity contribution in [3.05, 3.63) is 5.82 Å². The van der Waals surface area contributed by atoms with E-state index in [1.54, 1.807) is 0 Å². The van der Waals surface area contributed by atoms with Gasteiger partial charge < -0.3 is 14.8 Å². The van der Waals surface area contributed by atoms with Crippen LogP contribution >= 0.6 is 11.8 Å². The predicted molar refractivity (Wildman–Crippen MR) is 99.3 cm³/mol. The molecule has 0 spiro atoms. The SMILES string of the molecule is CCCCn1c(SCC(=O)NCC(C)C)nnc1[C@@H](CC)[NH+](C)C. The Morgan fingerprint density at radius 1 is 1.29 bits per heavy atom. The number of quaternary nitrogens is 1. The molecule has 0 radical (unpaired) electrons. The van der Waals surface area contributed by atoms with Crippen LogP contribution in [-0.2, 0) is 11.3 Å². The lowest BCUT2D eigenvalue weighted by molar-refractivity contribution is -0.893. The van der Waals surface area contributed by atoms with Gasteiger partial charge in [-0.2, -0.15) is 0 Å². The average molecular weight is 357 g/mol. The Hall–Kier alpha value is -1.08. The fraction of sp³-hybridized carbons (Fsp3) is 0.824. The zero-order chi connectivity index (χ0) is 18.1. The van der Waals surface area contributed by atoms with Crippen molar-refractivity contribution >= 4 is 17.7 Å². The standard InChI is InChI=1S/C17H33N5OS/c1-7-9-10-22-16(14(8-2)21(5)6)19-20-17(22)24-12-15(23)18-11-13(3)4/h13-14H,7-12H2,1-6H3,(H,18,23)/p+1/t14-/m1/s1. The van der Waals surface area contributed by atoms with E-state index >= 15 is 0 Å². The minimum Gasteiger partial charge on any atom is -0.355 e. The van der Waals surface area contributed by atoms with Crippen LogP contribution in [0.1, 0.15) is 58.8 Å². The minimum atomic E-state index is 0.0607. The van der Waals surface area contributed by atoms with Gasteiger partial charge in [-0.3, -0.25) is 4.79 Å². The molecule has 0 saturated heterocycles. The molecule has 7 heteroatoms. The fourth-order valence-corrected chi connectivity index (χ4v) is 3.34. The van der Waals surface area contributed by atoms with Crippen molar-refractivity contribution < 1.29 is 9.69 Å². The maximum atomic E-state index is 12.0. The molecule has 0 unspecified atom stereocenters. The number of hydrogen-bond acceptors (Lipinski definition) is 4. The fourth-order valence-electron chi connectivity index (χ4n) is 2.54.